The molecule has 0 saturated carbocycles. The highest BCUT2D eigenvalue weighted by Crippen LogP contribution is 2.22. The molecule has 0 radical (unpaired) electrons. The normalized spacial score (nSPS) is 21.5. The molecule has 0 aliphatic carbocycles. The van der Waals surface area contributed by atoms with Crippen LogP contribution < -0.4 is 10.1 Å². The van der Waals surface area contributed by atoms with Crippen LogP contribution in [0.2, 0.25) is 0 Å². The van der Waals surface area contributed by atoms with E-state index in [-0.39, 0.29) is 0 Å². The van der Waals surface area contributed by atoms with E-state index in [0.717, 1.165) is 31.9 Å². The second-order valence-corrected chi connectivity index (χ2v) is 4.84. The van der Waals surface area contributed by atoms with Gasteiger partial charge in [-0.1, -0.05) is 17.7 Å². The van der Waals surface area contributed by atoms with Crippen LogP contribution >= 0.6 is 0 Å². The highest BCUT2D eigenvalue weighted by molar-refractivity contribution is 5.36. The van der Waals surface area contributed by atoms with Gasteiger partial charge in [-0.2, -0.15) is 0 Å². The molecule has 0 aromatic heterocycles. The molecular formula is C14H22N2O. The molecule has 0 spiro atoms. The number of piperazine rings is 1. The van der Waals surface area contributed by atoms with E-state index >= 15 is 0 Å². The first-order chi connectivity index (χ1) is 8.20. The second-order valence-electron chi connectivity index (χ2n) is 4.84. The van der Waals surface area contributed by atoms with Gasteiger partial charge >= 0.3 is 0 Å². The zero-order valence-electron chi connectivity index (χ0n) is 11.0. The van der Waals surface area contributed by atoms with Crippen LogP contribution in [0.3, 0.4) is 0 Å². The predicted octanol–water partition coefficient (Wildman–Crippen LogP) is 1.80. The van der Waals surface area contributed by atoms with Crippen molar-refractivity contribution in [1.29, 1.82) is 0 Å². The largest absolute Gasteiger partial charge is 0.496 e. The van der Waals surface area contributed by atoms with Gasteiger partial charge in [0, 0.05) is 37.8 Å². The number of rotatable bonds is 3. The molecule has 1 aliphatic heterocycles. The van der Waals surface area contributed by atoms with Crippen molar-refractivity contribution in [3.8, 4) is 5.75 Å². The van der Waals surface area contributed by atoms with Gasteiger partial charge in [-0.25, -0.2) is 0 Å². The molecule has 1 aromatic rings. The summed E-state index contributed by atoms with van der Waals surface area (Å²) in [5.74, 6) is 1.00. The van der Waals surface area contributed by atoms with Crippen molar-refractivity contribution in [2.45, 2.75) is 26.4 Å². The minimum absolute atomic E-state index is 0.592. The predicted molar refractivity (Wildman–Crippen MR) is 70.5 cm³/mol. The highest BCUT2D eigenvalue weighted by Gasteiger charge is 2.19. The Kier molecular flexibility index (Phi) is 4.02. The molecule has 1 aromatic carbocycles. The summed E-state index contributed by atoms with van der Waals surface area (Å²) >= 11 is 0. The van der Waals surface area contributed by atoms with Gasteiger partial charge in [-0.05, 0) is 19.9 Å². The van der Waals surface area contributed by atoms with Gasteiger partial charge in [0.25, 0.3) is 0 Å². The van der Waals surface area contributed by atoms with Crippen molar-refractivity contribution in [3.63, 3.8) is 0 Å². The Morgan fingerprint density at radius 2 is 2.29 bits per heavy atom. The Balaban J connectivity index is 2.13. The van der Waals surface area contributed by atoms with Crippen LogP contribution in [0.1, 0.15) is 18.1 Å². The summed E-state index contributed by atoms with van der Waals surface area (Å²) in [5.41, 5.74) is 2.59. The number of hydrogen-bond acceptors (Lipinski definition) is 3. The molecule has 1 heterocycles. The average Bonchev–Trinajstić information content (AvgIpc) is 2.32. The summed E-state index contributed by atoms with van der Waals surface area (Å²) in [5, 5.41) is 3.42. The lowest BCUT2D eigenvalue weighted by molar-refractivity contribution is 0.164. The Labute approximate surface area is 104 Å². The minimum Gasteiger partial charge on any atom is -0.496 e. The maximum absolute atomic E-state index is 5.43. The van der Waals surface area contributed by atoms with Gasteiger partial charge in [-0.15, -0.1) is 0 Å². The number of methoxy groups -OCH3 is 1. The fourth-order valence-corrected chi connectivity index (χ4v) is 2.37. The lowest BCUT2D eigenvalue weighted by atomic mass is 10.1. The van der Waals surface area contributed by atoms with Crippen molar-refractivity contribution in [1.82, 2.24) is 10.2 Å². The molecule has 1 atom stereocenters. The number of nitrogens with one attached hydrogen (secondary N) is 1. The van der Waals surface area contributed by atoms with Gasteiger partial charge in [0.15, 0.2) is 0 Å². The summed E-state index contributed by atoms with van der Waals surface area (Å²) in [6, 6.07) is 6.99. The van der Waals surface area contributed by atoms with E-state index in [1.165, 1.54) is 11.1 Å². The Hall–Kier alpha value is -1.06. The van der Waals surface area contributed by atoms with E-state index in [1.54, 1.807) is 7.11 Å². The van der Waals surface area contributed by atoms with Gasteiger partial charge in [0.2, 0.25) is 0 Å². The molecule has 0 bridgehead atoms. The summed E-state index contributed by atoms with van der Waals surface area (Å²) in [6.07, 6.45) is 0. The third-order valence-corrected chi connectivity index (χ3v) is 3.45. The summed E-state index contributed by atoms with van der Waals surface area (Å²) in [7, 11) is 1.75. The SMILES string of the molecule is COc1ccc(C)cc1CN1CCNC[C@@H]1C. The van der Waals surface area contributed by atoms with Crippen LogP contribution in [0.25, 0.3) is 0 Å². The van der Waals surface area contributed by atoms with Crippen LogP contribution in [-0.4, -0.2) is 37.7 Å². The summed E-state index contributed by atoms with van der Waals surface area (Å²) in [6.45, 7) is 8.65. The maximum atomic E-state index is 5.43. The molecule has 0 amide bonds. The standard InChI is InChI=1S/C14H22N2O/c1-11-4-5-14(17-3)13(8-11)10-16-7-6-15-9-12(16)2/h4-5,8,12,15H,6-7,9-10H2,1-3H3/t12-/m0/s1. The van der Waals surface area contributed by atoms with Crippen LogP contribution in [-0.2, 0) is 6.54 Å². The summed E-state index contributed by atoms with van der Waals surface area (Å²) < 4.78 is 5.43. The first-order valence-corrected chi connectivity index (χ1v) is 6.29. The van der Waals surface area contributed by atoms with E-state index in [1.807, 2.05) is 0 Å². The topological polar surface area (TPSA) is 24.5 Å². The molecule has 2 rings (SSSR count). The molecule has 17 heavy (non-hydrogen) atoms. The monoisotopic (exact) mass is 234 g/mol. The molecule has 1 saturated heterocycles. The van der Waals surface area contributed by atoms with E-state index in [4.69, 9.17) is 4.74 Å². The number of nitrogens with zero attached hydrogens (tertiary/aromatic N) is 1. The second kappa shape index (κ2) is 5.52. The molecular weight excluding hydrogens is 212 g/mol. The van der Waals surface area contributed by atoms with Gasteiger partial charge in [0.1, 0.15) is 5.75 Å². The van der Waals surface area contributed by atoms with Crippen molar-refractivity contribution in [3.05, 3.63) is 29.3 Å². The summed E-state index contributed by atoms with van der Waals surface area (Å²) in [4.78, 5) is 2.51. The van der Waals surface area contributed by atoms with Gasteiger partial charge in [0.05, 0.1) is 7.11 Å². The van der Waals surface area contributed by atoms with E-state index < -0.39 is 0 Å². The molecule has 1 aliphatic rings. The van der Waals surface area contributed by atoms with Crippen LogP contribution in [0.15, 0.2) is 18.2 Å². The Morgan fingerprint density at radius 1 is 1.47 bits per heavy atom. The zero-order chi connectivity index (χ0) is 12.3. The zero-order valence-corrected chi connectivity index (χ0v) is 11.0. The van der Waals surface area contributed by atoms with Crippen LogP contribution in [0.5, 0.6) is 5.75 Å². The average molecular weight is 234 g/mol. The molecule has 94 valence electrons. The maximum Gasteiger partial charge on any atom is 0.123 e. The Bertz CT molecular complexity index is 378. The molecule has 1 N–H and O–H groups in total. The van der Waals surface area contributed by atoms with E-state index in [9.17, 15) is 0 Å². The highest BCUT2D eigenvalue weighted by atomic mass is 16.5. The molecule has 1 fully saturated rings. The minimum atomic E-state index is 0.592. The van der Waals surface area contributed by atoms with Gasteiger partial charge in [-0.3, -0.25) is 4.90 Å². The lowest BCUT2D eigenvalue weighted by Crippen LogP contribution is -2.49. The third-order valence-electron chi connectivity index (χ3n) is 3.45. The third kappa shape index (κ3) is 2.99. The number of benzene rings is 1. The molecule has 3 nitrogen and oxygen atoms in total. The van der Waals surface area contributed by atoms with E-state index in [2.05, 4.69) is 42.3 Å². The number of hydrogen-bond donors (Lipinski definition) is 1. The first-order valence-electron chi connectivity index (χ1n) is 6.29. The smallest absolute Gasteiger partial charge is 0.123 e. The van der Waals surface area contributed by atoms with Crippen molar-refractivity contribution in [2.24, 2.45) is 0 Å². The Morgan fingerprint density at radius 3 is 3.00 bits per heavy atom. The van der Waals surface area contributed by atoms with Crippen molar-refractivity contribution in [2.75, 3.05) is 26.7 Å². The number of ether oxygens (including phenoxy) is 1. The quantitative estimate of drug-likeness (QED) is 0.863. The van der Waals surface area contributed by atoms with Crippen molar-refractivity contribution >= 4 is 0 Å². The van der Waals surface area contributed by atoms with Gasteiger partial charge < -0.3 is 10.1 Å². The van der Waals surface area contributed by atoms with Crippen LogP contribution in [0.4, 0.5) is 0 Å². The first kappa shape index (κ1) is 12.4. The molecule has 3 heteroatoms. The molecule has 0 unspecified atom stereocenters. The number of aryl methyl sites for hydroxylation is 1. The van der Waals surface area contributed by atoms with Crippen LogP contribution in [0, 0.1) is 6.92 Å². The fraction of sp³-hybridized carbons (Fsp3) is 0.571. The fourth-order valence-electron chi connectivity index (χ4n) is 2.37. The van der Waals surface area contributed by atoms with E-state index in [0.29, 0.717) is 6.04 Å². The van der Waals surface area contributed by atoms with Crippen molar-refractivity contribution < 1.29 is 4.74 Å². The lowest BCUT2D eigenvalue weighted by Gasteiger charge is -2.34.